The Labute approximate surface area is 353 Å². The van der Waals surface area contributed by atoms with Gasteiger partial charge in [0, 0.05) is 36.1 Å². The highest BCUT2D eigenvalue weighted by molar-refractivity contribution is 8.34. The van der Waals surface area contributed by atoms with Crippen LogP contribution in [0.1, 0.15) is 48.9 Å². The van der Waals surface area contributed by atoms with E-state index < -0.39 is 10.0 Å². The summed E-state index contributed by atoms with van der Waals surface area (Å²) in [6, 6.07) is 63.9. The fraction of sp³-hybridized carbons (Fsp3) is 0.127. The standard InChI is InChI=1S/C55H44N2S2/c1-55(2)44-35-37(26-30-41(44)42-31-29-39(36-45(42)55)56-47-17-5-9-21-51(47)58-52-22-10-6-18-48(52)56)25-27-38-28-32-46(43-16-4-3-15-40(38)43)57-49-19-7-11-23-53(49)59(33-13-14-34-59)54-24-12-8-20-50(54)57/h3-12,15-32,35-36H,13-14,33-34H2,1-2H3/b27-25+. The maximum Gasteiger partial charge on any atom is 0.0601 e. The molecule has 3 aliphatic heterocycles. The minimum atomic E-state index is -1.04. The van der Waals surface area contributed by atoms with E-state index in [2.05, 4.69) is 206 Å². The van der Waals surface area contributed by atoms with Gasteiger partial charge in [-0.05, 0) is 130 Å². The third kappa shape index (κ3) is 5.22. The van der Waals surface area contributed by atoms with Gasteiger partial charge < -0.3 is 9.80 Å². The van der Waals surface area contributed by atoms with Crippen LogP contribution in [0.5, 0.6) is 0 Å². The van der Waals surface area contributed by atoms with Crippen molar-refractivity contribution >= 4 is 78.8 Å². The number of benzene rings is 8. The van der Waals surface area contributed by atoms with Crippen LogP contribution in [0.4, 0.5) is 34.1 Å². The van der Waals surface area contributed by atoms with E-state index in [0.717, 1.165) is 0 Å². The van der Waals surface area contributed by atoms with Crippen molar-refractivity contribution in [1.29, 1.82) is 0 Å². The summed E-state index contributed by atoms with van der Waals surface area (Å²) < 4.78 is 0. The lowest BCUT2D eigenvalue weighted by Gasteiger charge is -2.47. The molecule has 4 aliphatic rings. The molecule has 12 rings (SSSR count). The molecule has 59 heavy (non-hydrogen) atoms. The molecular formula is C55H44N2S2. The Morgan fingerprint density at radius 2 is 1.05 bits per heavy atom. The van der Waals surface area contributed by atoms with E-state index in [9.17, 15) is 0 Å². The lowest BCUT2D eigenvalue weighted by Crippen LogP contribution is -2.22. The molecule has 1 aliphatic carbocycles. The van der Waals surface area contributed by atoms with Crippen molar-refractivity contribution in [2.24, 2.45) is 0 Å². The number of fused-ring (bicyclic) bond motifs is 10. The zero-order valence-electron chi connectivity index (χ0n) is 33.4. The van der Waals surface area contributed by atoms with E-state index in [4.69, 9.17) is 0 Å². The van der Waals surface area contributed by atoms with Gasteiger partial charge in [-0.1, -0.05) is 141 Å². The summed E-state index contributed by atoms with van der Waals surface area (Å²) in [6.07, 6.45) is 7.27. The minimum absolute atomic E-state index is 0.151. The molecule has 8 aromatic rings. The summed E-state index contributed by atoms with van der Waals surface area (Å²) >= 11 is 1.86. The zero-order chi connectivity index (χ0) is 39.3. The van der Waals surface area contributed by atoms with E-state index in [-0.39, 0.29) is 5.41 Å². The number of rotatable bonds is 4. The average Bonchev–Trinajstić information content (AvgIpc) is 3.86. The summed E-state index contributed by atoms with van der Waals surface area (Å²) in [6.45, 7) is 4.78. The number of para-hydroxylation sites is 4. The quantitative estimate of drug-likeness (QED) is 0.164. The van der Waals surface area contributed by atoms with Crippen molar-refractivity contribution in [2.75, 3.05) is 21.3 Å². The zero-order valence-corrected chi connectivity index (χ0v) is 35.0. The van der Waals surface area contributed by atoms with Crippen LogP contribution in [0.15, 0.2) is 189 Å². The highest BCUT2D eigenvalue weighted by Gasteiger charge is 2.42. The van der Waals surface area contributed by atoms with Crippen molar-refractivity contribution in [3.05, 3.63) is 192 Å². The molecule has 0 radical (unpaired) electrons. The monoisotopic (exact) mass is 796 g/mol. The summed E-state index contributed by atoms with van der Waals surface area (Å²) in [5.74, 6) is 2.60. The van der Waals surface area contributed by atoms with Gasteiger partial charge in [-0.2, -0.15) is 10.0 Å². The lowest BCUT2D eigenvalue weighted by atomic mass is 9.81. The van der Waals surface area contributed by atoms with Gasteiger partial charge in [0.2, 0.25) is 0 Å². The van der Waals surface area contributed by atoms with Gasteiger partial charge in [0.05, 0.1) is 28.4 Å². The van der Waals surface area contributed by atoms with Crippen molar-refractivity contribution < 1.29 is 0 Å². The molecule has 1 fully saturated rings. The first-order chi connectivity index (χ1) is 29.0. The number of hydrogen-bond acceptors (Lipinski definition) is 3. The fourth-order valence-corrected chi connectivity index (χ4v) is 16.1. The van der Waals surface area contributed by atoms with Gasteiger partial charge >= 0.3 is 0 Å². The fourth-order valence-electron chi connectivity index (χ4n) is 10.5. The van der Waals surface area contributed by atoms with Crippen molar-refractivity contribution in [3.8, 4) is 11.1 Å². The van der Waals surface area contributed by atoms with E-state index in [0.29, 0.717) is 0 Å². The van der Waals surface area contributed by atoms with E-state index in [1.54, 1.807) is 9.79 Å². The second kappa shape index (κ2) is 13.3. The first-order valence-corrected chi connectivity index (χ1v) is 23.7. The molecule has 2 nitrogen and oxygen atoms in total. The van der Waals surface area contributed by atoms with Crippen LogP contribution in [0, 0.1) is 0 Å². The molecule has 1 spiro atoms. The Kier molecular flexibility index (Phi) is 7.89. The largest absolute Gasteiger partial charge is 0.308 e. The van der Waals surface area contributed by atoms with Gasteiger partial charge in [-0.3, -0.25) is 0 Å². The molecule has 1 saturated heterocycles. The summed E-state index contributed by atoms with van der Waals surface area (Å²) in [4.78, 5) is 10.7. The van der Waals surface area contributed by atoms with Crippen molar-refractivity contribution in [3.63, 3.8) is 0 Å². The van der Waals surface area contributed by atoms with Crippen molar-refractivity contribution in [1.82, 2.24) is 0 Å². The van der Waals surface area contributed by atoms with E-state index in [1.807, 2.05) is 11.8 Å². The highest BCUT2D eigenvalue weighted by Crippen LogP contribution is 2.74. The Bertz CT molecular complexity index is 2950. The van der Waals surface area contributed by atoms with Crippen LogP contribution in [-0.2, 0) is 5.41 Å². The predicted octanol–water partition coefficient (Wildman–Crippen LogP) is 16.1. The maximum atomic E-state index is 2.56. The molecule has 0 aromatic heterocycles. The van der Waals surface area contributed by atoms with Gasteiger partial charge in [-0.15, -0.1) is 0 Å². The molecular weight excluding hydrogens is 753 g/mol. The number of nitrogens with zero attached hydrogens (tertiary/aromatic N) is 2. The Morgan fingerprint density at radius 1 is 0.492 bits per heavy atom. The van der Waals surface area contributed by atoms with Crippen LogP contribution in [0.25, 0.3) is 34.1 Å². The molecule has 286 valence electrons. The predicted molar refractivity (Wildman–Crippen MR) is 253 cm³/mol. The van der Waals surface area contributed by atoms with Crippen LogP contribution in [-0.4, -0.2) is 11.5 Å². The number of anilines is 6. The molecule has 0 N–H and O–H groups in total. The third-order valence-electron chi connectivity index (χ3n) is 13.3. The maximum absolute atomic E-state index is 2.56. The second-order valence-electron chi connectivity index (χ2n) is 16.9. The Hall–Kier alpha value is -5.94. The van der Waals surface area contributed by atoms with Gasteiger partial charge in [0.1, 0.15) is 0 Å². The van der Waals surface area contributed by atoms with E-state index in [1.165, 1.54) is 112 Å². The number of hydrogen-bond donors (Lipinski definition) is 0. The average molecular weight is 797 g/mol. The van der Waals surface area contributed by atoms with Gasteiger partial charge in [0.25, 0.3) is 0 Å². The highest BCUT2D eigenvalue weighted by atomic mass is 32.3. The summed E-state index contributed by atoms with van der Waals surface area (Å²) in [5.41, 5.74) is 15.4. The van der Waals surface area contributed by atoms with Crippen LogP contribution in [0.3, 0.4) is 0 Å². The SMILES string of the molecule is CC1(C)c2cc(/C=C/c3ccc(N4c5ccccc5S5(CCCC5)c5ccccc54)c4ccccc34)ccc2-c2ccc(N3c4ccccc4Sc4ccccc43)cc21. The van der Waals surface area contributed by atoms with Crippen LogP contribution in [0.2, 0.25) is 0 Å². The molecule has 8 aromatic carbocycles. The van der Waals surface area contributed by atoms with Gasteiger partial charge in [0.15, 0.2) is 0 Å². The first-order valence-electron chi connectivity index (χ1n) is 20.9. The minimum Gasteiger partial charge on any atom is -0.308 e. The van der Waals surface area contributed by atoms with Crippen LogP contribution >= 0.6 is 21.8 Å². The Morgan fingerprint density at radius 3 is 1.73 bits per heavy atom. The molecule has 0 unspecified atom stereocenters. The third-order valence-corrected chi connectivity index (χ3v) is 18.8. The summed E-state index contributed by atoms with van der Waals surface area (Å²) in [7, 11) is -1.04. The first kappa shape index (κ1) is 35.0. The molecule has 4 heteroatoms. The second-order valence-corrected chi connectivity index (χ2v) is 21.4. The molecule has 3 heterocycles. The van der Waals surface area contributed by atoms with Crippen LogP contribution < -0.4 is 9.80 Å². The molecule has 0 amide bonds. The molecule has 0 atom stereocenters. The Balaban J connectivity index is 0.901. The molecule has 0 saturated carbocycles. The summed E-state index contributed by atoms with van der Waals surface area (Å²) in [5, 5.41) is 2.54. The topological polar surface area (TPSA) is 6.48 Å². The smallest absolute Gasteiger partial charge is 0.0601 e. The lowest BCUT2D eigenvalue weighted by molar-refractivity contribution is 0.660. The van der Waals surface area contributed by atoms with Crippen molar-refractivity contribution in [2.45, 2.75) is 51.7 Å². The molecule has 0 bridgehead atoms. The van der Waals surface area contributed by atoms with Gasteiger partial charge in [-0.25, -0.2) is 0 Å². The normalized spacial score (nSPS) is 17.0. The van der Waals surface area contributed by atoms with E-state index >= 15 is 0 Å².